The zero-order valence-electron chi connectivity index (χ0n) is 13.1. The molecular formula is C16H21FN4. The van der Waals surface area contributed by atoms with Crippen LogP contribution in [0.5, 0.6) is 0 Å². The molecule has 0 atom stereocenters. The summed E-state index contributed by atoms with van der Waals surface area (Å²) in [5, 5.41) is 3.06. The molecule has 2 aromatic rings. The SMILES string of the molecule is Cc1cccc(F)c1Nc1nc(C(C)(C)C)nc(N)c1C. The van der Waals surface area contributed by atoms with Crippen LogP contribution >= 0.6 is 0 Å². The lowest BCUT2D eigenvalue weighted by molar-refractivity contribution is 0.546. The van der Waals surface area contributed by atoms with Crippen LogP contribution in [-0.2, 0) is 5.41 Å². The van der Waals surface area contributed by atoms with Gasteiger partial charge in [0.25, 0.3) is 0 Å². The largest absolute Gasteiger partial charge is 0.383 e. The summed E-state index contributed by atoms with van der Waals surface area (Å²) in [5.41, 5.74) is 7.67. The first-order chi connectivity index (χ1) is 9.70. The molecule has 0 amide bonds. The zero-order chi connectivity index (χ0) is 15.8. The van der Waals surface area contributed by atoms with Crippen molar-refractivity contribution in [2.75, 3.05) is 11.1 Å². The number of hydrogen-bond acceptors (Lipinski definition) is 4. The van der Waals surface area contributed by atoms with Crippen molar-refractivity contribution in [1.82, 2.24) is 9.97 Å². The summed E-state index contributed by atoms with van der Waals surface area (Å²) >= 11 is 0. The summed E-state index contributed by atoms with van der Waals surface area (Å²) in [4.78, 5) is 8.84. The second-order valence-corrected chi connectivity index (χ2v) is 6.21. The van der Waals surface area contributed by atoms with Crippen LogP contribution in [0.3, 0.4) is 0 Å². The fourth-order valence-corrected chi connectivity index (χ4v) is 1.90. The van der Waals surface area contributed by atoms with E-state index in [2.05, 4.69) is 15.3 Å². The smallest absolute Gasteiger partial charge is 0.146 e. The first-order valence-electron chi connectivity index (χ1n) is 6.87. The van der Waals surface area contributed by atoms with Gasteiger partial charge in [-0.1, -0.05) is 32.9 Å². The molecule has 0 aliphatic heterocycles. The summed E-state index contributed by atoms with van der Waals surface area (Å²) in [6.45, 7) is 9.69. The van der Waals surface area contributed by atoms with Gasteiger partial charge in [-0.05, 0) is 25.5 Å². The lowest BCUT2D eigenvalue weighted by Gasteiger charge is -2.20. The molecule has 0 radical (unpaired) electrons. The van der Waals surface area contributed by atoms with E-state index in [1.807, 2.05) is 40.7 Å². The number of aryl methyl sites for hydroxylation is 1. The fraction of sp³-hybridized carbons (Fsp3) is 0.375. The summed E-state index contributed by atoms with van der Waals surface area (Å²) in [6, 6.07) is 4.94. The van der Waals surface area contributed by atoms with E-state index < -0.39 is 0 Å². The number of rotatable bonds is 2. The maximum Gasteiger partial charge on any atom is 0.146 e. The van der Waals surface area contributed by atoms with Crippen molar-refractivity contribution in [3.05, 3.63) is 41.0 Å². The van der Waals surface area contributed by atoms with Gasteiger partial charge in [-0.3, -0.25) is 0 Å². The van der Waals surface area contributed by atoms with Gasteiger partial charge in [0.05, 0.1) is 5.69 Å². The predicted octanol–water partition coefficient (Wildman–Crippen LogP) is 3.86. The van der Waals surface area contributed by atoms with Gasteiger partial charge in [0.2, 0.25) is 0 Å². The molecule has 0 unspecified atom stereocenters. The van der Waals surface area contributed by atoms with Crippen LogP contribution in [0.15, 0.2) is 18.2 Å². The van der Waals surface area contributed by atoms with Crippen molar-refractivity contribution >= 4 is 17.3 Å². The van der Waals surface area contributed by atoms with E-state index in [1.54, 1.807) is 6.07 Å². The summed E-state index contributed by atoms with van der Waals surface area (Å²) in [7, 11) is 0. The standard InChI is InChI=1S/C16H21FN4/c1-9-7-6-8-11(17)12(9)19-14-10(2)13(18)20-15(21-14)16(3,4)5/h6-8H,1-5H3,(H3,18,19,20,21). The average Bonchev–Trinajstić information content (AvgIpc) is 2.37. The Bertz CT molecular complexity index is 654. The summed E-state index contributed by atoms with van der Waals surface area (Å²) < 4.78 is 14.0. The molecule has 0 aliphatic rings. The average molecular weight is 288 g/mol. The number of anilines is 3. The molecule has 0 aliphatic carbocycles. The third-order valence-electron chi connectivity index (χ3n) is 3.32. The minimum Gasteiger partial charge on any atom is -0.383 e. The number of nitrogens with zero attached hydrogens (tertiary/aromatic N) is 2. The molecule has 1 heterocycles. The number of benzene rings is 1. The van der Waals surface area contributed by atoms with E-state index in [-0.39, 0.29) is 11.2 Å². The van der Waals surface area contributed by atoms with Crippen LogP contribution in [0.25, 0.3) is 0 Å². The van der Waals surface area contributed by atoms with Crippen LogP contribution in [-0.4, -0.2) is 9.97 Å². The van der Waals surface area contributed by atoms with Crippen LogP contribution in [0.1, 0.15) is 37.7 Å². The van der Waals surface area contributed by atoms with Crippen LogP contribution in [0.4, 0.5) is 21.7 Å². The highest BCUT2D eigenvalue weighted by Gasteiger charge is 2.21. The number of hydrogen-bond donors (Lipinski definition) is 2. The number of halogens is 1. The molecule has 112 valence electrons. The Kier molecular flexibility index (Phi) is 3.85. The van der Waals surface area contributed by atoms with E-state index in [9.17, 15) is 4.39 Å². The maximum absolute atomic E-state index is 14.0. The van der Waals surface area contributed by atoms with Gasteiger partial charge in [0.15, 0.2) is 0 Å². The highest BCUT2D eigenvalue weighted by molar-refractivity contribution is 5.66. The van der Waals surface area contributed by atoms with Crippen molar-refractivity contribution in [1.29, 1.82) is 0 Å². The molecule has 2 rings (SSSR count). The van der Waals surface area contributed by atoms with Gasteiger partial charge in [0, 0.05) is 11.0 Å². The summed E-state index contributed by atoms with van der Waals surface area (Å²) in [5.74, 6) is 1.26. The topological polar surface area (TPSA) is 63.8 Å². The molecule has 4 nitrogen and oxygen atoms in total. The number of nitrogens with two attached hydrogens (primary N) is 1. The third-order valence-corrected chi connectivity index (χ3v) is 3.32. The van der Waals surface area contributed by atoms with E-state index in [0.29, 0.717) is 28.7 Å². The Morgan fingerprint density at radius 1 is 1.14 bits per heavy atom. The molecule has 0 bridgehead atoms. The number of nitrogens with one attached hydrogen (secondary N) is 1. The molecule has 21 heavy (non-hydrogen) atoms. The lowest BCUT2D eigenvalue weighted by Crippen LogP contribution is -2.19. The van der Waals surface area contributed by atoms with Gasteiger partial charge >= 0.3 is 0 Å². The van der Waals surface area contributed by atoms with Gasteiger partial charge in [-0.2, -0.15) is 0 Å². The van der Waals surface area contributed by atoms with Crippen molar-refractivity contribution in [3.63, 3.8) is 0 Å². The Morgan fingerprint density at radius 3 is 2.38 bits per heavy atom. The van der Waals surface area contributed by atoms with E-state index in [4.69, 9.17) is 5.73 Å². The Labute approximate surface area is 124 Å². The first-order valence-corrected chi connectivity index (χ1v) is 6.87. The molecule has 3 N–H and O–H groups in total. The highest BCUT2D eigenvalue weighted by atomic mass is 19.1. The maximum atomic E-state index is 14.0. The molecular weight excluding hydrogens is 267 g/mol. The van der Waals surface area contributed by atoms with Crippen molar-refractivity contribution in [2.45, 2.75) is 40.0 Å². The quantitative estimate of drug-likeness (QED) is 0.881. The second kappa shape index (κ2) is 5.31. The van der Waals surface area contributed by atoms with Gasteiger partial charge < -0.3 is 11.1 Å². The van der Waals surface area contributed by atoms with Crippen molar-refractivity contribution < 1.29 is 4.39 Å². The Hall–Kier alpha value is -2.17. The van der Waals surface area contributed by atoms with Crippen molar-refractivity contribution in [3.8, 4) is 0 Å². The van der Waals surface area contributed by atoms with E-state index in [1.165, 1.54) is 6.07 Å². The lowest BCUT2D eigenvalue weighted by atomic mass is 9.95. The third kappa shape index (κ3) is 3.12. The van der Waals surface area contributed by atoms with Crippen LogP contribution in [0, 0.1) is 19.7 Å². The Morgan fingerprint density at radius 2 is 1.81 bits per heavy atom. The van der Waals surface area contributed by atoms with Crippen LogP contribution in [0.2, 0.25) is 0 Å². The van der Waals surface area contributed by atoms with Gasteiger partial charge in [0.1, 0.15) is 23.3 Å². The van der Waals surface area contributed by atoms with E-state index in [0.717, 1.165) is 5.56 Å². The molecule has 0 saturated heterocycles. The number of aromatic nitrogens is 2. The fourth-order valence-electron chi connectivity index (χ4n) is 1.90. The minimum absolute atomic E-state index is 0.234. The Balaban J connectivity index is 2.52. The summed E-state index contributed by atoms with van der Waals surface area (Å²) in [6.07, 6.45) is 0. The number of nitrogen functional groups attached to an aromatic ring is 1. The molecule has 0 fully saturated rings. The molecule has 0 spiro atoms. The second-order valence-electron chi connectivity index (χ2n) is 6.21. The highest BCUT2D eigenvalue weighted by Crippen LogP contribution is 2.29. The molecule has 5 heteroatoms. The zero-order valence-corrected chi connectivity index (χ0v) is 13.1. The van der Waals surface area contributed by atoms with Crippen LogP contribution < -0.4 is 11.1 Å². The first kappa shape index (κ1) is 15.2. The molecule has 0 saturated carbocycles. The molecule has 1 aromatic carbocycles. The normalized spacial score (nSPS) is 11.5. The van der Waals surface area contributed by atoms with Crippen molar-refractivity contribution in [2.24, 2.45) is 0 Å². The molecule has 1 aromatic heterocycles. The number of para-hydroxylation sites is 1. The van der Waals surface area contributed by atoms with E-state index >= 15 is 0 Å². The van der Waals surface area contributed by atoms with Gasteiger partial charge in [-0.25, -0.2) is 14.4 Å². The minimum atomic E-state index is -0.316. The monoisotopic (exact) mass is 288 g/mol. The predicted molar refractivity (Wildman–Crippen MR) is 84.3 cm³/mol. The van der Waals surface area contributed by atoms with Gasteiger partial charge in [-0.15, -0.1) is 0 Å².